The van der Waals surface area contributed by atoms with E-state index in [1.165, 1.54) is 17.0 Å². The molecule has 3 fully saturated rings. The van der Waals surface area contributed by atoms with Gasteiger partial charge in [0.15, 0.2) is 5.82 Å². The number of aryl methyl sites for hydroxylation is 1. The number of benzene rings is 1. The Morgan fingerprint density at radius 2 is 1.85 bits per heavy atom. The number of halogens is 2. The molecule has 0 N–H and O–H groups in total. The van der Waals surface area contributed by atoms with Gasteiger partial charge in [0.1, 0.15) is 5.82 Å². The van der Waals surface area contributed by atoms with Gasteiger partial charge in [-0.3, -0.25) is 14.3 Å². The minimum absolute atomic E-state index is 0.150. The van der Waals surface area contributed by atoms with Crippen LogP contribution in [-0.2, 0) is 20.9 Å². The number of imide groups is 1. The molecule has 140 valence electrons. The van der Waals surface area contributed by atoms with Gasteiger partial charge in [-0.15, -0.1) is 0 Å². The molecule has 0 radical (unpaired) electrons. The molecule has 2 bridgehead atoms. The molecule has 5 rings (SSSR count). The number of hydrogen-bond donors (Lipinski definition) is 0. The first-order chi connectivity index (χ1) is 12.9. The maximum absolute atomic E-state index is 13.2. The number of carbonyl (C=O) groups excluding carboxylic acids is 2. The predicted octanol–water partition coefficient (Wildman–Crippen LogP) is 2.70. The molecular weight excluding hydrogens is 373 g/mol. The van der Waals surface area contributed by atoms with Gasteiger partial charge in [0.05, 0.1) is 30.6 Å². The Kier molecular flexibility index (Phi) is 3.67. The number of anilines is 1. The van der Waals surface area contributed by atoms with Crippen LogP contribution in [0.3, 0.4) is 0 Å². The van der Waals surface area contributed by atoms with Crippen LogP contribution < -0.4 is 4.90 Å². The van der Waals surface area contributed by atoms with Crippen molar-refractivity contribution in [2.75, 3.05) is 4.90 Å². The summed E-state index contributed by atoms with van der Waals surface area (Å²) in [5, 5.41) is 4.77. The molecular formula is C19H17ClFN3O3. The molecule has 2 amide bonds. The van der Waals surface area contributed by atoms with E-state index in [9.17, 15) is 14.0 Å². The summed E-state index contributed by atoms with van der Waals surface area (Å²) in [6, 6.07) is 5.91. The van der Waals surface area contributed by atoms with Gasteiger partial charge >= 0.3 is 0 Å². The van der Waals surface area contributed by atoms with E-state index in [2.05, 4.69) is 5.10 Å². The summed E-state index contributed by atoms with van der Waals surface area (Å²) in [7, 11) is 0. The number of ether oxygens (including phenoxy) is 1. The number of nitrogens with zero attached hydrogens (tertiary/aromatic N) is 3. The largest absolute Gasteiger partial charge is 0.373 e. The summed E-state index contributed by atoms with van der Waals surface area (Å²) < 4.78 is 20.7. The van der Waals surface area contributed by atoms with Crippen molar-refractivity contribution in [1.82, 2.24) is 9.78 Å². The lowest BCUT2D eigenvalue weighted by Crippen LogP contribution is -2.34. The molecule has 0 aliphatic carbocycles. The van der Waals surface area contributed by atoms with Gasteiger partial charge in [-0.25, -0.2) is 9.29 Å². The second kappa shape index (κ2) is 5.87. The van der Waals surface area contributed by atoms with E-state index in [1.54, 1.807) is 16.8 Å². The van der Waals surface area contributed by atoms with Gasteiger partial charge in [-0.05, 0) is 37.5 Å². The lowest BCUT2D eigenvalue weighted by molar-refractivity contribution is -0.124. The lowest BCUT2D eigenvalue weighted by atomic mass is 9.81. The monoisotopic (exact) mass is 389 g/mol. The third-order valence-corrected chi connectivity index (χ3v) is 6.17. The van der Waals surface area contributed by atoms with E-state index in [-0.39, 0.29) is 35.9 Å². The number of carbonyl (C=O) groups is 2. The van der Waals surface area contributed by atoms with E-state index in [4.69, 9.17) is 16.3 Å². The molecule has 3 saturated heterocycles. The SMILES string of the molecule is Cc1cc(N2C(=O)[C@@H]3[C@@H](C2=O)[C@H]2CC[C@@H]3O2)nn1Cc1ccc(F)cc1Cl. The molecule has 0 spiro atoms. The molecule has 1 aromatic heterocycles. The summed E-state index contributed by atoms with van der Waals surface area (Å²) in [5.41, 5.74) is 1.49. The fourth-order valence-corrected chi connectivity index (χ4v) is 4.74. The molecule has 8 heteroatoms. The van der Waals surface area contributed by atoms with Crippen molar-refractivity contribution in [3.05, 3.63) is 46.4 Å². The fraction of sp³-hybridized carbons (Fsp3) is 0.421. The van der Waals surface area contributed by atoms with E-state index in [1.807, 2.05) is 6.92 Å². The van der Waals surface area contributed by atoms with Crippen LogP contribution in [0.4, 0.5) is 10.2 Å². The van der Waals surface area contributed by atoms with Crippen LogP contribution in [0.25, 0.3) is 0 Å². The Balaban J connectivity index is 1.44. The third kappa shape index (κ3) is 2.45. The number of fused-ring (bicyclic) bond motifs is 5. The molecule has 4 heterocycles. The Morgan fingerprint density at radius 1 is 1.19 bits per heavy atom. The van der Waals surface area contributed by atoms with Crippen molar-refractivity contribution in [3.63, 3.8) is 0 Å². The number of aromatic nitrogens is 2. The third-order valence-electron chi connectivity index (χ3n) is 5.82. The minimum atomic E-state index is -0.404. The van der Waals surface area contributed by atoms with E-state index < -0.39 is 5.82 Å². The summed E-state index contributed by atoms with van der Waals surface area (Å²) in [6.07, 6.45) is 1.36. The Morgan fingerprint density at radius 3 is 2.48 bits per heavy atom. The lowest BCUT2D eigenvalue weighted by Gasteiger charge is -2.15. The maximum atomic E-state index is 13.2. The van der Waals surface area contributed by atoms with Crippen LogP contribution in [-0.4, -0.2) is 33.8 Å². The summed E-state index contributed by atoms with van der Waals surface area (Å²) in [6.45, 7) is 2.16. The topological polar surface area (TPSA) is 64.4 Å². The van der Waals surface area contributed by atoms with Crippen molar-refractivity contribution >= 4 is 29.2 Å². The Bertz CT molecular complexity index is 947. The average Bonchev–Trinajstić information content (AvgIpc) is 3.35. The molecule has 6 nitrogen and oxygen atoms in total. The summed E-state index contributed by atoms with van der Waals surface area (Å²) in [4.78, 5) is 26.9. The zero-order valence-electron chi connectivity index (χ0n) is 14.6. The van der Waals surface area contributed by atoms with Crippen LogP contribution >= 0.6 is 11.6 Å². The normalized spacial score (nSPS) is 29.1. The highest BCUT2D eigenvalue weighted by Crippen LogP contribution is 2.49. The molecule has 1 aromatic carbocycles. The van der Waals surface area contributed by atoms with Crippen LogP contribution in [0, 0.1) is 24.6 Å². The van der Waals surface area contributed by atoms with Gasteiger partial charge < -0.3 is 4.74 Å². The van der Waals surface area contributed by atoms with E-state index >= 15 is 0 Å². The highest BCUT2D eigenvalue weighted by Gasteiger charge is 2.63. The first kappa shape index (κ1) is 16.9. The highest BCUT2D eigenvalue weighted by molar-refractivity contribution is 6.31. The zero-order valence-corrected chi connectivity index (χ0v) is 15.3. The fourth-order valence-electron chi connectivity index (χ4n) is 4.51. The van der Waals surface area contributed by atoms with Crippen LogP contribution in [0.5, 0.6) is 0 Å². The second-order valence-corrected chi connectivity index (χ2v) is 7.80. The molecule has 0 unspecified atom stereocenters. The predicted molar refractivity (Wildman–Crippen MR) is 94.8 cm³/mol. The van der Waals surface area contributed by atoms with Gasteiger partial charge in [-0.1, -0.05) is 17.7 Å². The molecule has 4 atom stereocenters. The first-order valence-electron chi connectivity index (χ1n) is 8.95. The zero-order chi connectivity index (χ0) is 18.9. The molecule has 3 aliphatic heterocycles. The van der Waals surface area contributed by atoms with Crippen LogP contribution in [0.1, 0.15) is 24.1 Å². The van der Waals surface area contributed by atoms with E-state index in [0.29, 0.717) is 22.9 Å². The standard InChI is InChI=1S/C19H17ClFN3O3/c1-9-6-15(22-23(9)8-10-2-3-11(21)7-12(10)20)24-18(25)16-13-4-5-14(27-13)17(16)19(24)26/h2-3,6-7,13-14,16-17H,4-5,8H2,1H3/t13-,14+,16-,17-/m0/s1. The molecule has 27 heavy (non-hydrogen) atoms. The number of amides is 2. The van der Waals surface area contributed by atoms with Crippen molar-refractivity contribution in [2.45, 2.75) is 38.5 Å². The van der Waals surface area contributed by atoms with Crippen LogP contribution in [0.2, 0.25) is 5.02 Å². The van der Waals surface area contributed by atoms with Crippen molar-refractivity contribution in [3.8, 4) is 0 Å². The first-order valence-corrected chi connectivity index (χ1v) is 9.33. The summed E-state index contributed by atoms with van der Waals surface area (Å²) in [5.74, 6) is -1.28. The van der Waals surface area contributed by atoms with Gasteiger partial charge in [0, 0.05) is 16.8 Å². The number of rotatable bonds is 3. The Hall–Kier alpha value is -2.25. The Labute approximate surface area is 159 Å². The molecule has 0 saturated carbocycles. The maximum Gasteiger partial charge on any atom is 0.241 e. The number of hydrogen-bond acceptors (Lipinski definition) is 4. The molecule has 2 aromatic rings. The van der Waals surface area contributed by atoms with Crippen LogP contribution in [0.15, 0.2) is 24.3 Å². The van der Waals surface area contributed by atoms with Gasteiger partial charge in [0.25, 0.3) is 0 Å². The van der Waals surface area contributed by atoms with Gasteiger partial charge in [-0.2, -0.15) is 5.10 Å². The smallest absolute Gasteiger partial charge is 0.241 e. The second-order valence-electron chi connectivity index (χ2n) is 7.39. The van der Waals surface area contributed by atoms with Crippen molar-refractivity contribution in [1.29, 1.82) is 0 Å². The molecule has 3 aliphatic rings. The van der Waals surface area contributed by atoms with Crippen molar-refractivity contribution in [2.24, 2.45) is 11.8 Å². The van der Waals surface area contributed by atoms with Crippen molar-refractivity contribution < 1.29 is 18.7 Å². The summed E-state index contributed by atoms with van der Waals surface area (Å²) >= 11 is 6.10. The average molecular weight is 390 g/mol. The van der Waals surface area contributed by atoms with E-state index in [0.717, 1.165) is 18.5 Å². The minimum Gasteiger partial charge on any atom is -0.373 e. The quantitative estimate of drug-likeness (QED) is 0.757. The highest BCUT2D eigenvalue weighted by atomic mass is 35.5. The van der Waals surface area contributed by atoms with Gasteiger partial charge in [0.2, 0.25) is 11.8 Å².